The molecule has 0 radical (unpaired) electrons. The van der Waals surface area contributed by atoms with Crippen LogP contribution in [0.25, 0.3) is 0 Å². The van der Waals surface area contributed by atoms with Crippen LogP contribution in [-0.2, 0) is 4.74 Å². The molecule has 5 nitrogen and oxygen atoms in total. The van der Waals surface area contributed by atoms with Gasteiger partial charge in [-0.2, -0.15) is 5.10 Å². The summed E-state index contributed by atoms with van der Waals surface area (Å²) in [5, 5.41) is 7.02. The standard InChI is InChI=1S/C18H30N4O/c1-2-4-9-18(8-3-1)10-5-16(23-18)13-22-11-6-15(7-12-22)17-19-14-20-21-17/h14-16H,1-13H2,(H,19,20,21). The van der Waals surface area contributed by atoms with E-state index >= 15 is 0 Å². The van der Waals surface area contributed by atoms with Crippen molar-refractivity contribution in [2.75, 3.05) is 19.6 Å². The Morgan fingerprint density at radius 1 is 1.09 bits per heavy atom. The predicted molar refractivity (Wildman–Crippen MR) is 89.3 cm³/mol. The Morgan fingerprint density at radius 3 is 2.57 bits per heavy atom. The second-order valence-electron chi connectivity index (χ2n) is 7.82. The normalized spacial score (nSPS) is 29.8. The van der Waals surface area contributed by atoms with Crippen molar-refractivity contribution >= 4 is 0 Å². The van der Waals surface area contributed by atoms with Crippen LogP contribution in [-0.4, -0.2) is 51.4 Å². The van der Waals surface area contributed by atoms with Gasteiger partial charge in [0.2, 0.25) is 0 Å². The molecular weight excluding hydrogens is 288 g/mol. The van der Waals surface area contributed by atoms with E-state index in [1.54, 1.807) is 6.33 Å². The molecule has 5 heteroatoms. The number of aromatic nitrogens is 3. The molecule has 1 aromatic heterocycles. The number of nitrogens with zero attached hydrogens (tertiary/aromatic N) is 3. The van der Waals surface area contributed by atoms with Crippen molar-refractivity contribution in [3.8, 4) is 0 Å². The van der Waals surface area contributed by atoms with Crippen LogP contribution in [0.4, 0.5) is 0 Å². The van der Waals surface area contributed by atoms with Crippen molar-refractivity contribution in [1.82, 2.24) is 20.1 Å². The molecule has 1 unspecified atom stereocenters. The Morgan fingerprint density at radius 2 is 1.87 bits per heavy atom. The van der Waals surface area contributed by atoms with Crippen molar-refractivity contribution in [2.24, 2.45) is 0 Å². The summed E-state index contributed by atoms with van der Waals surface area (Å²) in [4.78, 5) is 6.93. The first-order valence-corrected chi connectivity index (χ1v) is 9.58. The van der Waals surface area contributed by atoms with Gasteiger partial charge in [-0.25, -0.2) is 4.98 Å². The lowest BCUT2D eigenvalue weighted by molar-refractivity contribution is -0.0618. The average Bonchev–Trinajstić information content (AvgIpc) is 3.17. The topological polar surface area (TPSA) is 54.0 Å². The third-order valence-corrected chi connectivity index (χ3v) is 6.22. The number of nitrogens with one attached hydrogen (secondary N) is 1. The zero-order valence-corrected chi connectivity index (χ0v) is 14.2. The van der Waals surface area contributed by atoms with Crippen molar-refractivity contribution in [2.45, 2.75) is 81.8 Å². The molecule has 1 aliphatic carbocycles. The Balaban J connectivity index is 1.25. The SMILES string of the molecule is c1n[nH]c(C2CCN(CC3CCC4(CCCCCC4)O3)CC2)n1. The monoisotopic (exact) mass is 318 g/mol. The third kappa shape index (κ3) is 3.61. The van der Waals surface area contributed by atoms with Gasteiger partial charge in [0.15, 0.2) is 0 Å². The molecule has 0 bridgehead atoms. The molecule has 3 aliphatic rings. The lowest BCUT2D eigenvalue weighted by atomic mass is 9.91. The maximum absolute atomic E-state index is 6.60. The van der Waals surface area contributed by atoms with Gasteiger partial charge in [0.1, 0.15) is 12.2 Å². The van der Waals surface area contributed by atoms with Crippen molar-refractivity contribution in [1.29, 1.82) is 0 Å². The van der Waals surface area contributed by atoms with E-state index < -0.39 is 0 Å². The minimum Gasteiger partial charge on any atom is -0.370 e. The van der Waals surface area contributed by atoms with Gasteiger partial charge in [-0.15, -0.1) is 0 Å². The van der Waals surface area contributed by atoms with Crippen molar-refractivity contribution in [3.05, 3.63) is 12.2 Å². The molecule has 1 aromatic rings. The highest BCUT2D eigenvalue weighted by Crippen LogP contribution is 2.41. The van der Waals surface area contributed by atoms with E-state index in [1.165, 1.54) is 64.2 Å². The predicted octanol–water partition coefficient (Wildman–Crippen LogP) is 3.26. The number of hydrogen-bond acceptors (Lipinski definition) is 4. The number of hydrogen-bond donors (Lipinski definition) is 1. The summed E-state index contributed by atoms with van der Waals surface area (Å²) in [6.45, 7) is 3.46. The highest BCUT2D eigenvalue weighted by atomic mass is 16.5. The summed E-state index contributed by atoms with van der Waals surface area (Å²) in [7, 11) is 0. The van der Waals surface area contributed by atoms with Gasteiger partial charge in [-0.05, 0) is 51.6 Å². The third-order valence-electron chi connectivity index (χ3n) is 6.22. The van der Waals surface area contributed by atoms with Crippen LogP contribution in [0.15, 0.2) is 6.33 Å². The Labute approximate surface area is 139 Å². The molecule has 0 aromatic carbocycles. The Hall–Kier alpha value is -0.940. The van der Waals surface area contributed by atoms with Crippen LogP contribution in [0.5, 0.6) is 0 Å². The van der Waals surface area contributed by atoms with E-state index in [0.717, 1.165) is 25.5 Å². The lowest BCUT2D eigenvalue weighted by Gasteiger charge is -2.34. The first kappa shape index (κ1) is 15.6. The van der Waals surface area contributed by atoms with Gasteiger partial charge in [-0.1, -0.05) is 25.7 Å². The molecule has 1 spiro atoms. The number of likely N-dealkylation sites (tertiary alicyclic amines) is 1. The molecule has 2 aliphatic heterocycles. The van der Waals surface area contributed by atoms with E-state index in [0.29, 0.717) is 12.0 Å². The highest BCUT2D eigenvalue weighted by Gasteiger charge is 2.40. The first-order valence-electron chi connectivity index (χ1n) is 9.58. The molecular formula is C18H30N4O. The molecule has 3 fully saturated rings. The lowest BCUT2D eigenvalue weighted by Crippen LogP contribution is -2.39. The summed E-state index contributed by atoms with van der Waals surface area (Å²) in [5.74, 6) is 1.63. The molecule has 23 heavy (non-hydrogen) atoms. The minimum absolute atomic E-state index is 0.249. The average molecular weight is 318 g/mol. The number of ether oxygens (including phenoxy) is 1. The fraction of sp³-hybridized carbons (Fsp3) is 0.889. The van der Waals surface area contributed by atoms with Gasteiger partial charge < -0.3 is 9.64 Å². The number of H-pyrrole nitrogens is 1. The molecule has 2 saturated heterocycles. The van der Waals surface area contributed by atoms with E-state index in [4.69, 9.17) is 4.74 Å². The smallest absolute Gasteiger partial charge is 0.137 e. The summed E-state index contributed by atoms with van der Waals surface area (Å²) < 4.78 is 6.60. The zero-order valence-electron chi connectivity index (χ0n) is 14.2. The van der Waals surface area contributed by atoms with Gasteiger partial charge in [0.25, 0.3) is 0 Å². The minimum atomic E-state index is 0.249. The van der Waals surface area contributed by atoms with E-state index in [-0.39, 0.29) is 5.60 Å². The van der Waals surface area contributed by atoms with Crippen LogP contribution in [0.2, 0.25) is 0 Å². The maximum atomic E-state index is 6.60. The number of rotatable bonds is 3. The largest absolute Gasteiger partial charge is 0.370 e. The molecule has 128 valence electrons. The summed E-state index contributed by atoms with van der Waals surface area (Å²) in [5.41, 5.74) is 0.249. The highest BCUT2D eigenvalue weighted by molar-refractivity contribution is 4.97. The second kappa shape index (κ2) is 6.89. The van der Waals surface area contributed by atoms with Crippen LogP contribution in [0.1, 0.15) is 76.0 Å². The number of piperidine rings is 1. The van der Waals surface area contributed by atoms with E-state index in [1.807, 2.05) is 0 Å². The second-order valence-corrected chi connectivity index (χ2v) is 7.82. The zero-order chi connectivity index (χ0) is 15.5. The fourth-order valence-electron chi connectivity index (χ4n) is 4.85. The summed E-state index contributed by atoms with van der Waals surface area (Å²) in [6.07, 6.45) is 15.2. The van der Waals surface area contributed by atoms with Crippen LogP contribution < -0.4 is 0 Å². The van der Waals surface area contributed by atoms with Crippen molar-refractivity contribution < 1.29 is 4.74 Å². The fourth-order valence-corrected chi connectivity index (χ4v) is 4.85. The van der Waals surface area contributed by atoms with Gasteiger partial charge in [0, 0.05) is 12.5 Å². The Kier molecular flexibility index (Phi) is 4.67. The number of aromatic amines is 1. The van der Waals surface area contributed by atoms with Crippen LogP contribution in [0, 0.1) is 0 Å². The molecule has 4 rings (SSSR count). The van der Waals surface area contributed by atoms with Crippen molar-refractivity contribution in [3.63, 3.8) is 0 Å². The first-order chi connectivity index (χ1) is 11.3. The summed E-state index contributed by atoms with van der Waals surface area (Å²) in [6, 6.07) is 0. The molecule has 0 amide bonds. The molecule has 1 atom stereocenters. The van der Waals surface area contributed by atoms with Gasteiger partial charge >= 0.3 is 0 Å². The summed E-state index contributed by atoms with van der Waals surface area (Å²) >= 11 is 0. The van der Waals surface area contributed by atoms with Crippen LogP contribution in [0.3, 0.4) is 0 Å². The maximum Gasteiger partial charge on any atom is 0.137 e. The van der Waals surface area contributed by atoms with E-state index in [9.17, 15) is 0 Å². The quantitative estimate of drug-likeness (QED) is 0.929. The molecule has 1 N–H and O–H groups in total. The van der Waals surface area contributed by atoms with Gasteiger partial charge in [0.05, 0.1) is 11.7 Å². The van der Waals surface area contributed by atoms with Crippen LogP contribution >= 0.6 is 0 Å². The Bertz CT molecular complexity index is 473. The molecule has 3 heterocycles. The van der Waals surface area contributed by atoms with E-state index in [2.05, 4.69) is 20.1 Å². The molecule has 1 saturated carbocycles. The van der Waals surface area contributed by atoms with Gasteiger partial charge in [-0.3, -0.25) is 5.10 Å².